The first kappa shape index (κ1) is 13.2. The van der Waals surface area contributed by atoms with Crippen LogP contribution in [0.25, 0.3) is 0 Å². The van der Waals surface area contributed by atoms with Crippen LogP contribution in [0.15, 0.2) is 29.3 Å². The zero-order valence-electron chi connectivity index (χ0n) is 10.1. The molecule has 3 N–H and O–H groups in total. The summed E-state index contributed by atoms with van der Waals surface area (Å²) in [5.41, 5.74) is 6.15. The van der Waals surface area contributed by atoms with Crippen LogP contribution in [0.5, 0.6) is 0 Å². The molecule has 0 atom stereocenters. The maximum absolute atomic E-state index is 11.7. The van der Waals surface area contributed by atoms with Gasteiger partial charge in [-0.2, -0.15) is 5.10 Å². The number of aromatic nitrogens is 3. The zero-order chi connectivity index (χ0) is 14.0. The van der Waals surface area contributed by atoms with Crippen molar-refractivity contribution in [2.75, 3.05) is 11.1 Å². The molecule has 1 aromatic carbocycles. The molecule has 0 saturated carbocycles. The summed E-state index contributed by atoms with van der Waals surface area (Å²) < 4.78 is 2.35. The molecular weight excluding hydrogens is 270 g/mol. The number of halogens is 1. The highest BCUT2D eigenvalue weighted by Gasteiger charge is 2.08. The third-order valence-electron chi connectivity index (χ3n) is 2.46. The van der Waals surface area contributed by atoms with Gasteiger partial charge in [-0.05, 0) is 18.2 Å². The summed E-state index contributed by atoms with van der Waals surface area (Å²) in [5.74, 6) is -0.373. The third kappa shape index (κ3) is 2.94. The van der Waals surface area contributed by atoms with Crippen LogP contribution < -0.4 is 16.7 Å². The van der Waals surface area contributed by atoms with Crippen molar-refractivity contribution >= 4 is 28.9 Å². The molecule has 100 valence electrons. The van der Waals surface area contributed by atoms with Gasteiger partial charge >= 0.3 is 5.69 Å². The summed E-state index contributed by atoms with van der Waals surface area (Å²) in [6.45, 7) is -0.164. The Bertz CT molecular complexity index is 676. The molecule has 8 heteroatoms. The summed E-state index contributed by atoms with van der Waals surface area (Å²) in [4.78, 5) is 23.2. The summed E-state index contributed by atoms with van der Waals surface area (Å²) in [7, 11) is 1.56. The number of carbonyl (C=O) groups is 1. The van der Waals surface area contributed by atoms with Crippen molar-refractivity contribution in [2.24, 2.45) is 7.05 Å². The first-order valence-electron chi connectivity index (χ1n) is 5.40. The molecule has 0 aliphatic rings. The Morgan fingerprint density at radius 2 is 2.26 bits per heavy atom. The van der Waals surface area contributed by atoms with Crippen LogP contribution in [-0.2, 0) is 18.4 Å². The van der Waals surface area contributed by atoms with Crippen LogP contribution >= 0.6 is 11.6 Å². The molecule has 1 amide bonds. The molecule has 2 aromatic rings. The number of hydrogen-bond donors (Lipinski definition) is 2. The molecule has 1 heterocycles. The normalized spacial score (nSPS) is 10.4. The van der Waals surface area contributed by atoms with E-state index < -0.39 is 0 Å². The maximum atomic E-state index is 11.7. The Labute approximate surface area is 113 Å². The molecule has 0 aliphatic carbocycles. The number of nitrogens with zero attached hydrogens (tertiary/aromatic N) is 3. The molecule has 7 nitrogen and oxygen atoms in total. The summed E-state index contributed by atoms with van der Waals surface area (Å²) in [5, 5.41) is 6.81. The number of nitrogen functional groups attached to an aromatic ring is 1. The van der Waals surface area contributed by atoms with Gasteiger partial charge in [-0.1, -0.05) is 11.6 Å². The van der Waals surface area contributed by atoms with E-state index in [1.54, 1.807) is 25.2 Å². The largest absolute Gasteiger partial charge is 0.397 e. The lowest BCUT2D eigenvalue weighted by atomic mass is 10.3. The minimum Gasteiger partial charge on any atom is -0.397 e. The van der Waals surface area contributed by atoms with Gasteiger partial charge in [0.2, 0.25) is 5.91 Å². The van der Waals surface area contributed by atoms with Crippen molar-refractivity contribution in [3.8, 4) is 0 Å². The third-order valence-corrected chi connectivity index (χ3v) is 2.80. The van der Waals surface area contributed by atoms with E-state index >= 15 is 0 Å². The van der Waals surface area contributed by atoms with E-state index in [2.05, 4.69) is 10.4 Å². The van der Waals surface area contributed by atoms with Crippen molar-refractivity contribution in [1.29, 1.82) is 0 Å². The maximum Gasteiger partial charge on any atom is 0.345 e. The fourth-order valence-corrected chi connectivity index (χ4v) is 1.60. The quantitative estimate of drug-likeness (QED) is 0.799. The second-order valence-electron chi connectivity index (χ2n) is 3.97. The number of anilines is 2. The van der Waals surface area contributed by atoms with E-state index in [9.17, 15) is 9.59 Å². The van der Waals surface area contributed by atoms with Gasteiger partial charge in [0.25, 0.3) is 0 Å². The van der Waals surface area contributed by atoms with E-state index in [0.29, 0.717) is 16.4 Å². The number of rotatable bonds is 3. The van der Waals surface area contributed by atoms with Crippen LogP contribution in [0.1, 0.15) is 0 Å². The smallest absolute Gasteiger partial charge is 0.345 e. The van der Waals surface area contributed by atoms with E-state index in [0.717, 1.165) is 4.68 Å². The number of aryl methyl sites for hydroxylation is 1. The fourth-order valence-electron chi connectivity index (χ4n) is 1.49. The molecule has 0 unspecified atom stereocenters. The SMILES string of the molecule is Cn1cnn(CC(=O)Nc2ccc(Cl)c(N)c2)c1=O. The lowest BCUT2D eigenvalue weighted by Crippen LogP contribution is -2.29. The first-order chi connectivity index (χ1) is 8.97. The van der Waals surface area contributed by atoms with Gasteiger partial charge < -0.3 is 11.1 Å². The fraction of sp³-hybridized carbons (Fsp3) is 0.182. The Hall–Kier alpha value is -2.28. The average molecular weight is 282 g/mol. The highest BCUT2D eigenvalue weighted by atomic mass is 35.5. The molecule has 1 aromatic heterocycles. The average Bonchev–Trinajstić information content (AvgIpc) is 2.66. The van der Waals surface area contributed by atoms with E-state index in [1.807, 2.05) is 0 Å². The van der Waals surface area contributed by atoms with Crippen LogP contribution in [0.4, 0.5) is 11.4 Å². The number of amides is 1. The number of nitrogens with one attached hydrogen (secondary N) is 1. The lowest BCUT2D eigenvalue weighted by Gasteiger charge is -2.06. The van der Waals surface area contributed by atoms with E-state index in [1.165, 1.54) is 10.9 Å². The van der Waals surface area contributed by atoms with Crippen LogP contribution in [0, 0.1) is 0 Å². The minimum atomic E-state index is -0.373. The van der Waals surface area contributed by atoms with E-state index in [4.69, 9.17) is 17.3 Å². The second-order valence-corrected chi connectivity index (χ2v) is 4.37. The summed E-state index contributed by atoms with van der Waals surface area (Å²) in [6.07, 6.45) is 1.34. The van der Waals surface area contributed by atoms with Gasteiger partial charge in [-0.3, -0.25) is 9.36 Å². The molecule has 0 radical (unpaired) electrons. The summed E-state index contributed by atoms with van der Waals surface area (Å²) in [6, 6.07) is 4.75. The highest BCUT2D eigenvalue weighted by Crippen LogP contribution is 2.22. The first-order valence-corrected chi connectivity index (χ1v) is 5.78. The second kappa shape index (κ2) is 5.15. The van der Waals surface area contributed by atoms with Crippen LogP contribution in [0.3, 0.4) is 0 Å². The summed E-state index contributed by atoms with van der Waals surface area (Å²) >= 11 is 5.77. The molecular formula is C11H12ClN5O2. The molecule has 0 saturated heterocycles. The van der Waals surface area contributed by atoms with Gasteiger partial charge in [-0.15, -0.1) is 0 Å². The van der Waals surface area contributed by atoms with E-state index in [-0.39, 0.29) is 18.1 Å². The van der Waals surface area contributed by atoms with Crippen molar-refractivity contribution in [2.45, 2.75) is 6.54 Å². The van der Waals surface area contributed by atoms with Crippen molar-refractivity contribution < 1.29 is 4.79 Å². The van der Waals surface area contributed by atoms with Gasteiger partial charge in [-0.25, -0.2) is 9.48 Å². The predicted octanol–water partition coefficient (Wildman–Crippen LogP) is 0.456. The number of hydrogen-bond acceptors (Lipinski definition) is 4. The van der Waals surface area contributed by atoms with Gasteiger partial charge in [0.1, 0.15) is 12.9 Å². The van der Waals surface area contributed by atoms with Crippen molar-refractivity contribution in [3.05, 3.63) is 40.0 Å². The Balaban J connectivity index is 2.07. The zero-order valence-corrected chi connectivity index (χ0v) is 10.9. The van der Waals surface area contributed by atoms with Crippen LogP contribution in [-0.4, -0.2) is 20.3 Å². The van der Waals surface area contributed by atoms with Crippen molar-refractivity contribution in [1.82, 2.24) is 14.3 Å². The molecule has 0 fully saturated rings. The van der Waals surface area contributed by atoms with Gasteiger partial charge in [0, 0.05) is 12.7 Å². The Morgan fingerprint density at radius 1 is 1.53 bits per heavy atom. The highest BCUT2D eigenvalue weighted by molar-refractivity contribution is 6.33. The number of benzene rings is 1. The topological polar surface area (TPSA) is 94.9 Å². The van der Waals surface area contributed by atoms with Gasteiger partial charge in [0.05, 0.1) is 10.7 Å². The lowest BCUT2D eigenvalue weighted by molar-refractivity contribution is -0.117. The van der Waals surface area contributed by atoms with Crippen LogP contribution in [0.2, 0.25) is 5.02 Å². The molecule has 19 heavy (non-hydrogen) atoms. The Morgan fingerprint density at radius 3 is 2.84 bits per heavy atom. The number of carbonyl (C=O) groups excluding carboxylic acids is 1. The number of nitrogens with two attached hydrogens (primary N) is 1. The Kier molecular flexibility index (Phi) is 3.57. The molecule has 0 aliphatic heterocycles. The molecule has 0 bridgehead atoms. The van der Waals surface area contributed by atoms with Gasteiger partial charge in [0.15, 0.2) is 0 Å². The standard InChI is InChI=1S/C11H12ClN5O2/c1-16-6-14-17(11(16)19)5-10(18)15-7-2-3-8(12)9(13)4-7/h2-4,6H,5,13H2,1H3,(H,15,18). The minimum absolute atomic E-state index is 0.164. The predicted molar refractivity (Wildman–Crippen MR) is 72.0 cm³/mol. The molecule has 0 spiro atoms. The monoisotopic (exact) mass is 281 g/mol. The van der Waals surface area contributed by atoms with Crippen molar-refractivity contribution in [3.63, 3.8) is 0 Å². The molecule has 2 rings (SSSR count).